The summed E-state index contributed by atoms with van der Waals surface area (Å²) in [4.78, 5) is 0. The number of hydrogen-bond acceptors (Lipinski definition) is 0. The Hall–Kier alpha value is -0.520. The van der Waals surface area contributed by atoms with E-state index in [0.717, 1.165) is 29.6 Å². The molecule has 3 fully saturated rings. The van der Waals surface area contributed by atoms with Crippen LogP contribution in [0.5, 0.6) is 0 Å². The summed E-state index contributed by atoms with van der Waals surface area (Å²) in [6.07, 6.45) is 15.7. The van der Waals surface area contributed by atoms with Crippen molar-refractivity contribution in [3.8, 4) is 0 Å². The first-order chi connectivity index (χ1) is 11.3. The van der Waals surface area contributed by atoms with Crippen LogP contribution in [0.4, 0.5) is 0 Å². The fourth-order valence-corrected chi connectivity index (χ4v) is 7.19. The Morgan fingerprint density at radius 2 is 1.88 bits per heavy atom. The molecule has 2 bridgehead atoms. The van der Waals surface area contributed by atoms with Crippen LogP contribution in [0.25, 0.3) is 0 Å². The molecule has 0 N–H and O–H groups in total. The lowest BCUT2D eigenvalue weighted by Gasteiger charge is -2.50. The largest absolute Gasteiger partial charge is 0.0998 e. The highest BCUT2D eigenvalue weighted by Crippen LogP contribution is 2.62. The monoisotopic (exact) mass is 326 g/mol. The summed E-state index contributed by atoms with van der Waals surface area (Å²) in [5, 5.41) is 0. The maximum atomic E-state index is 4.39. The van der Waals surface area contributed by atoms with Crippen molar-refractivity contribution in [1.82, 2.24) is 0 Å². The van der Waals surface area contributed by atoms with Gasteiger partial charge in [0.25, 0.3) is 0 Å². The molecule has 0 aliphatic heterocycles. The van der Waals surface area contributed by atoms with Crippen molar-refractivity contribution >= 4 is 0 Å². The molecule has 0 aromatic rings. The summed E-state index contributed by atoms with van der Waals surface area (Å²) in [7, 11) is 0. The van der Waals surface area contributed by atoms with Gasteiger partial charge in [-0.3, -0.25) is 0 Å². The molecule has 0 amide bonds. The normalized spacial score (nSPS) is 53.2. The fraction of sp³-hybridized carbons (Fsp3) is 0.833. The average Bonchev–Trinajstić information content (AvgIpc) is 2.87. The van der Waals surface area contributed by atoms with Crippen molar-refractivity contribution < 1.29 is 0 Å². The molecular weight excluding hydrogens is 288 g/mol. The molecule has 24 heavy (non-hydrogen) atoms. The molecule has 0 spiro atoms. The van der Waals surface area contributed by atoms with Crippen LogP contribution in [0.2, 0.25) is 0 Å². The minimum absolute atomic E-state index is 0.562. The Kier molecular flexibility index (Phi) is 4.05. The van der Waals surface area contributed by atoms with Gasteiger partial charge >= 0.3 is 0 Å². The van der Waals surface area contributed by atoms with E-state index in [9.17, 15) is 0 Å². The van der Waals surface area contributed by atoms with Crippen LogP contribution in [0.3, 0.4) is 0 Å². The highest BCUT2D eigenvalue weighted by Gasteiger charge is 2.52. The van der Waals surface area contributed by atoms with E-state index in [0.29, 0.717) is 10.8 Å². The van der Waals surface area contributed by atoms with Gasteiger partial charge in [0.2, 0.25) is 0 Å². The first-order valence-electron chi connectivity index (χ1n) is 10.7. The van der Waals surface area contributed by atoms with Crippen molar-refractivity contribution in [2.75, 3.05) is 0 Å². The van der Waals surface area contributed by atoms with Gasteiger partial charge in [0.15, 0.2) is 0 Å². The van der Waals surface area contributed by atoms with E-state index in [4.69, 9.17) is 0 Å². The Bertz CT molecular complexity index is 554. The number of hydrogen-bond donors (Lipinski definition) is 0. The molecule has 0 heteroatoms. The Labute approximate surface area is 150 Å². The zero-order valence-corrected chi connectivity index (χ0v) is 16.5. The molecule has 4 aliphatic carbocycles. The number of fused-ring (bicyclic) bond motifs is 5. The van der Waals surface area contributed by atoms with Gasteiger partial charge in [0.1, 0.15) is 0 Å². The zero-order chi connectivity index (χ0) is 17.1. The molecular formula is C24H38. The number of allylic oxidation sites excluding steroid dienone is 3. The molecule has 134 valence electrons. The van der Waals surface area contributed by atoms with Gasteiger partial charge in [-0.05, 0) is 105 Å². The summed E-state index contributed by atoms with van der Waals surface area (Å²) in [6, 6.07) is 0. The van der Waals surface area contributed by atoms with Crippen molar-refractivity contribution in [1.29, 1.82) is 0 Å². The van der Waals surface area contributed by atoms with Crippen LogP contribution in [0.15, 0.2) is 23.8 Å². The molecule has 3 saturated carbocycles. The van der Waals surface area contributed by atoms with Gasteiger partial charge in [0.05, 0.1) is 0 Å². The summed E-state index contributed by atoms with van der Waals surface area (Å²) >= 11 is 0. The van der Waals surface area contributed by atoms with E-state index in [2.05, 4.69) is 40.3 Å². The van der Waals surface area contributed by atoms with E-state index in [1.165, 1.54) is 63.4 Å². The van der Waals surface area contributed by atoms with Gasteiger partial charge in [0, 0.05) is 0 Å². The number of rotatable bonds is 1. The highest BCUT2D eigenvalue weighted by atomic mass is 14.6. The lowest BCUT2D eigenvalue weighted by Crippen LogP contribution is -2.40. The second kappa shape index (κ2) is 5.75. The van der Waals surface area contributed by atoms with Crippen molar-refractivity contribution in [2.24, 2.45) is 40.4 Å². The molecule has 0 radical (unpaired) electrons. The summed E-state index contributed by atoms with van der Waals surface area (Å²) in [6.45, 7) is 14.4. The minimum Gasteiger partial charge on any atom is -0.0998 e. The second-order valence-electron chi connectivity index (χ2n) is 10.8. The molecule has 0 heterocycles. The first-order valence-corrected chi connectivity index (χ1v) is 10.7. The van der Waals surface area contributed by atoms with E-state index < -0.39 is 0 Å². The average molecular weight is 327 g/mol. The smallest absolute Gasteiger partial charge is 0.00810 e. The van der Waals surface area contributed by atoms with Gasteiger partial charge < -0.3 is 0 Å². The van der Waals surface area contributed by atoms with E-state index in [1.807, 2.05) is 5.57 Å². The second-order valence-corrected chi connectivity index (χ2v) is 10.8. The van der Waals surface area contributed by atoms with Crippen LogP contribution >= 0.6 is 0 Å². The van der Waals surface area contributed by atoms with Crippen molar-refractivity contribution in [3.63, 3.8) is 0 Å². The van der Waals surface area contributed by atoms with Crippen LogP contribution in [0, 0.1) is 40.4 Å². The summed E-state index contributed by atoms with van der Waals surface area (Å²) in [5.41, 5.74) is 4.49. The third-order valence-corrected chi connectivity index (χ3v) is 8.89. The van der Waals surface area contributed by atoms with Gasteiger partial charge in [-0.25, -0.2) is 0 Å². The summed E-state index contributed by atoms with van der Waals surface area (Å²) < 4.78 is 0. The quantitative estimate of drug-likeness (QED) is 0.448. The van der Waals surface area contributed by atoms with Crippen LogP contribution in [0.1, 0.15) is 85.5 Å². The first kappa shape index (κ1) is 16.9. The maximum Gasteiger partial charge on any atom is -0.00810 e. The summed E-state index contributed by atoms with van der Waals surface area (Å²) in [5.74, 6) is 4.39. The highest BCUT2D eigenvalue weighted by molar-refractivity contribution is 5.27. The molecule has 0 saturated heterocycles. The van der Waals surface area contributed by atoms with E-state index >= 15 is 0 Å². The van der Waals surface area contributed by atoms with Crippen molar-refractivity contribution in [3.05, 3.63) is 23.8 Å². The predicted octanol–water partition coefficient (Wildman–Crippen LogP) is 7.17. The lowest BCUT2D eigenvalue weighted by molar-refractivity contribution is 0.0703. The Balaban J connectivity index is 1.71. The van der Waals surface area contributed by atoms with Crippen LogP contribution in [-0.4, -0.2) is 0 Å². The van der Waals surface area contributed by atoms with Crippen LogP contribution in [-0.2, 0) is 0 Å². The molecule has 7 atom stereocenters. The minimum atomic E-state index is 0.562. The molecule has 4 aliphatic rings. The van der Waals surface area contributed by atoms with Crippen LogP contribution < -0.4 is 0 Å². The van der Waals surface area contributed by atoms with Gasteiger partial charge in [-0.2, -0.15) is 0 Å². The standard InChI is InChI=1S/C24H38/c1-16(2)20-9-13-24(5)12-7-18-14-19-15-23(4,10-6-17(19)3)11-8-21(18)22(20)24/h8,17-20,22H,1,6-7,9-15H2,2-5H3/b21-8+/t17-,18?,19+,20+,22-,23-,24+/m0/s1. The third kappa shape index (κ3) is 2.63. The molecule has 0 aromatic carbocycles. The molecule has 0 aromatic heterocycles. The Morgan fingerprint density at radius 1 is 1.12 bits per heavy atom. The fourth-order valence-electron chi connectivity index (χ4n) is 7.19. The predicted molar refractivity (Wildman–Crippen MR) is 104 cm³/mol. The topological polar surface area (TPSA) is 0 Å². The maximum absolute atomic E-state index is 4.39. The SMILES string of the molecule is C=C(C)[C@H]1CC[C@@]2(C)CCC3C[C@@H]4C[C@](C)(C/C=C\3[C@H]12)CC[C@@H]4C. The van der Waals surface area contributed by atoms with Gasteiger partial charge in [-0.1, -0.05) is 44.6 Å². The molecule has 0 nitrogen and oxygen atoms in total. The lowest BCUT2D eigenvalue weighted by atomic mass is 9.55. The molecule has 4 rings (SSSR count). The Morgan fingerprint density at radius 3 is 2.62 bits per heavy atom. The van der Waals surface area contributed by atoms with Gasteiger partial charge in [-0.15, -0.1) is 0 Å². The van der Waals surface area contributed by atoms with Crippen molar-refractivity contribution in [2.45, 2.75) is 85.5 Å². The molecule has 1 unspecified atom stereocenters. The third-order valence-electron chi connectivity index (χ3n) is 8.89. The zero-order valence-electron chi connectivity index (χ0n) is 16.5. The van der Waals surface area contributed by atoms with E-state index in [-0.39, 0.29) is 0 Å². The van der Waals surface area contributed by atoms with E-state index in [1.54, 1.807) is 0 Å².